The Kier molecular flexibility index (Phi) is 7.22. The van der Waals surface area contributed by atoms with Crippen LogP contribution in [0.2, 0.25) is 5.02 Å². The highest BCUT2D eigenvalue weighted by molar-refractivity contribution is 7.89. The van der Waals surface area contributed by atoms with Gasteiger partial charge in [-0.3, -0.25) is 4.79 Å². The van der Waals surface area contributed by atoms with Gasteiger partial charge in [0, 0.05) is 23.8 Å². The van der Waals surface area contributed by atoms with Crippen molar-refractivity contribution in [2.45, 2.75) is 50.8 Å². The lowest BCUT2D eigenvalue weighted by atomic mass is 9.87. The number of halogens is 1. The molecule has 0 saturated carbocycles. The number of nitrogens with zero attached hydrogens (tertiary/aromatic N) is 1. The van der Waals surface area contributed by atoms with Gasteiger partial charge < -0.3 is 5.32 Å². The molecule has 3 rings (SSSR count). The van der Waals surface area contributed by atoms with Crippen LogP contribution in [0, 0.1) is 12.8 Å². The highest BCUT2D eigenvalue weighted by Gasteiger charge is 2.28. The van der Waals surface area contributed by atoms with Gasteiger partial charge in [-0.25, -0.2) is 8.42 Å². The third kappa shape index (κ3) is 5.05. The van der Waals surface area contributed by atoms with Gasteiger partial charge in [0.25, 0.3) is 0 Å². The first-order valence-electron chi connectivity index (χ1n) is 10.4. The average molecular weight is 449 g/mol. The summed E-state index contributed by atoms with van der Waals surface area (Å²) in [4.78, 5) is 13.4. The SMILES string of the molecule is Cc1ccc(S(=O)(=O)N2CCCCC2)cc1NC(=O)[C@H](c1ccc(Cl)cc1)C(C)C. The Bertz CT molecular complexity index is 998. The van der Waals surface area contributed by atoms with Gasteiger partial charge in [0.05, 0.1) is 10.8 Å². The Morgan fingerprint density at radius 1 is 1.03 bits per heavy atom. The van der Waals surface area contributed by atoms with Crippen molar-refractivity contribution >= 4 is 33.2 Å². The van der Waals surface area contributed by atoms with Crippen molar-refractivity contribution in [2.75, 3.05) is 18.4 Å². The van der Waals surface area contributed by atoms with Crippen LogP contribution >= 0.6 is 11.6 Å². The topological polar surface area (TPSA) is 66.5 Å². The second-order valence-corrected chi connectivity index (χ2v) is 10.6. The summed E-state index contributed by atoms with van der Waals surface area (Å²) in [5.41, 5.74) is 2.22. The van der Waals surface area contributed by atoms with Crippen LogP contribution in [-0.4, -0.2) is 31.7 Å². The number of benzene rings is 2. The van der Waals surface area contributed by atoms with Gasteiger partial charge in [-0.1, -0.05) is 50.1 Å². The molecule has 0 aliphatic carbocycles. The number of anilines is 1. The summed E-state index contributed by atoms with van der Waals surface area (Å²) in [6, 6.07) is 12.2. The van der Waals surface area contributed by atoms with E-state index in [2.05, 4.69) is 5.32 Å². The molecule has 7 heteroatoms. The minimum absolute atomic E-state index is 0.0618. The summed E-state index contributed by atoms with van der Waals surface area (Å²) in [6.45, 7) is 6.93. The van der Waals surface area contributed by atoms with Crippen LogP contribution < -0.4 is 5.32 Å². The van der Waals surface area contributed by atoms with Crippen LogP contribution in [0.4, 0.5) is 5.69 Å². The second kappa shape index (κ2) is 9.50. The summed E-state index contributed by atoms with van der Waals surface area (Å²) >= 11 is 5.99. The number of aryl methyl sites for hydroxylation is 1. The minimum Gasteiger partial charge on any atom is -0.325 e. The van der Waals surface area contributed by atoms with E-state index in [9.17, 15) is 13.2 Å². The van der Waals surface area contributed by atoms with E-state index in [1.54, 1.807) is 30.3 Å². The molecule has 1 saturated heterocycles. The number of carbonyl (C=O) groups excluding carboxylic acids is 1. The molecule has 2 aromatic rings. The zero-order chi connectivity index (χ0) is 21.9. The maximum Gasteiger partial charge on any atom is 0.243 e. The summed E-state index contributed by atoms with van der Waals surface area (Å²) in [5, 5.41) is 3.58. The standard InChI is InChI=1S/C23H29ClN2O3S/c1-16(2)22(18-8-10-19(24)11-9-18)23(27)25-21-15-20(12-7-17(21)3)30(28,29)26-13-5-4-6-14-26/h7-12,15-16,22H,4-6,13-14H2,1-3H3,(H,25,27)/t22-/m0/s1. The molecule has 0 bridgehead atoms. The van der Waals surface area contributed by atoms with Gasteiger partial charge in [-0.15, -0.1) is 0 Å². The fourth-order valence-corrected chi connectivity index (χ4v) is 5.54. The fraction of sp³-hybridized carbons (Fsp3) is 0.435. The molecule has 1 N–H and O–H groups in total. The highest BCUT2D eigenvalue weighted by atomic mass is 35.5. The Labute approximate surface area is 184 Å². The van der Waals surface area contributed by atoms with Crippen molar-refractivity contribution in [2.24, 2.45) is 5.92 Å². The summed E-state index contributed by atoms with van der Waals surface area (Å²) in [7, 11) is -3.56. The first-order valence-corrected chi connectivity index (χ1v) is 12.2. The van der Waals surface area contributed by atoms with Crippen molar-refractivity contribution in [3.8, 4) is 0 Å². The van der Waals surface area contributed by atoms with Crippen molar-refractivity contribution < 1.29 is 13.2 Å². The van der Waals surface area contributed by atoms with Crippen molar-refractivity contribution in [3.63, 3.8) is 0 Å². The fourth-order valence-electron chi connectivity index (χ4n) is 3.87. The zero-order valence-electron chi connectivity index (χ0n) is 17.7. The monoisotopic (exact) mass is 448 g/mol. The number of amides is 1. The van der Waals surface area contributed by atoms with E-state index in [0.717, 1.165) is 30.4 Å². The van der Waals surface area contributed by atoms with Crippen LogP contribution in [0.5, 0.6) is 0 Å². The molecular formula is C23H29ClN2O3S. The quantitative estimate of drug-likeness (QED) is 0.660. The minimum atomic E-state index is -3.56. The number of carbonyl (C=O) groups is 1. The van der Waals surface area contributed by atoms with Gasteiger partial charge in [0.2, 0.25) is 15.9 Å². The molecule has 2 aromatic carbocycles. The van der Waals surface area contributed by atoms with Crippen LogP contribution in [0.1, 0.15) is 50.2 Å². The number of piperidine rings is 1. The van der Waals surface area contributed by atoms with Gasteiger partial charge in [-0.05, 0) is 61.1 Å². The summed E-state index contributed by atoms with van der Waals surface area (Å²) in [6.07, 6.45) is 2.82. The molecule has 1 aliphatic heterocycles. The summed E-state index contributed by atoms with van der Waals surface area (Å²) in [5.74, 6) is -0.473. The van der Waals surface area contributed by atoms with E-state index < -0.39 is 10.0 Å². The largest absolute Gasteiger partial charge is 0.325 e. The van der Waals surface area contributed by atoms with E-state index in [4.69, 9.17) is 11.6 Å². The second-order valence-electron chi connectivity index (χ2n) is 8.20. The van der Waals surface area contributed by atoms with E-state index in [0.29, 0.717) is 23.8 Å². The van der Waals surface area contributed by atoms with Crippen LogP contribution in [0.25, 0.3) is 0 Å². The van der Waals surface area contributed by atoms with Crippen molar-refractivity contribution in [1.82, 2.24) is 4.31 Å². The molecule has 0 unspecified atom stereocenters. The number of rotatable bonds is 6. The Hall–Kier alpha value is -1.89. The molecular weight excluding hydrogens is 420 g/mol. The number of hydrogen-bond donors (Lipinski definition) is 1. The molecule has 0 radical (unpaired) electrons. The molecule has 1 amide bonds. The van der Waals surface area contributed by atoms with Crippen LogP contribution in [0.15, 0.2) is 47.4 Å². The van der Waals surface area contributed by atoms with Crippen LogP contribution in [0.3, 0.4) is 0 Å². The molecule has 1 heterocycles. The zero-order valence-corrected chi connectivity index (χ0v) is 19.3. The predicted molar refractivity (Wildman–Crippen MR) is 121 cm³/mol. The van der Waals surface area contributed by atoms with E-state index in [1.807, 2.05) is 32.9 Å². The maximum absolute atomic E-state index is 13.2. The lowest BCUT2D eigenvalue weighted by molar-refractivity contribution is -0.118. The van der Waals surface area contributed by atoms with Gasteiger partial charge in [0.15, 0.2) is 0 Å². The van der Waals surface area contributed by atoms with Gasteiger partial charge >= 0.3 is 0 Å². The third-order valence-electron chi connectivity index (χ3n) is 5.60. The number of hydrogen-bond acceptors (Lipinski definition) is 3. The van der Waals surface area contributed by atoms with Crippen molar-refractivity contribution in [1.29, 1.82) is 0 Å². The molecule has 162 valence electrons. The van der Waals surface area contributed by atoms with Crippen molar-refractivity contribution in [3.05, 3.63) is 58.6 Å². The molecule has 0 spiro atoms. The summed E-state index contributed by atoms with van der Waals surface area (Å²) < 4.78 is 27.6. The Balaban J connectivity index is 1.87. The smallest absolute Gasteiger partial charge is 0.243 e. The normalized spacial score (nSPS) is 16.4. The van der Waals surface area contributed by atoms with Crippen LogP contribution in [-0.2, 0) is 14.8 Å². The molecule has 1 atom stereocenters. The molecule has 5 nitrogen and oxygen atoms in total. The molecule has 0 aromatic heterocycles. The number of sulfonamides is 1. The first-order chi connectivity index (χ1) is 14.2. The first kappa shape index (κ1) is 22.8. The highest BCUT2D eigenvalue weighted by Crippen LogP contribution is 2.30. The molecule has 1 aliphatic rings. The number of nitrogens with one attached hydrogen (secondary N) is 1. The lowest BCUT2D eigenvalue weighted by Crippen LogP contribution is -2.35. The van der Waals surface area contributed by atoms with E-state index >= 15 is 0 Å². The van der Waals surface area contributed by atoms with Gasteiger partial charge in [-0.2, -0.15) is 4.31 Å². The third-order valence-corrected chi connectivity index (χ3v) is 7.74. The average Bonchev–Trinajstić information content (AvgIpc) is 2.71. The maximum atomic E-state index is 13.2. The molecule has 30 heavy (non-hydrogen) atoms. The van der Waals surface area contributed by atoms with E-state index in [-0.39, 0.29) is 22.6 Å². The predicted octanol–water partition coefficient (Wildman–Crippen LogP) is 5.20. The molecule has 1 fully saturated rings. The van der Waals surface area contributed by atoms with Gasteiger partial charge in [0.1, 0.15) is 0 Å². The Morgan fingerprint density at radius 3 is 2.27 bits per heavy atom. The lowest BCUT2D eigenvalue weighted by Gasteiger charge is -2.26. The van der Waals surface area contributed by atoms with E-state index in [1.165, 1.54) is 4.31 Å². The Morgan fingerprint density at radius 2 is 1.67 bits per heavy atom.